The van der Waals surface area contributed by atoms with E-state index in [0.717, 1.165) is 32.1 Å². The molecule has 6 nitrogen and oxygen atoms in total. The number of aliphatic hydroxyl groups is 1. The molecule has 36 heavy (non-hydrogen) atoms. The number of nitriles is 1. The standard InChI is InChI=1S/C29H29BrN4O2/c1-19-12-22(18-32-17-19)27(25-15-21-14-24(30)8-9-26(21)33-28(25)36-4)29(35,10-11-34(2)3)23-7-5-6-20(13-23)16-31/h5-9,12-15,17-18,27,35H,10-11H2,1-4H3/t27-,29-/m1/s1. The number of ether oxygens (including phenoxy) is 1. The normalized spacial score (nSPS) is 13.8. The number of methoxy groups -OCH3 is 1. The van der Waals surface area contributed by atoms with E-state index in [2.05, 4.69) is 27.0 Å². The quantitative estimate of drug-likeness (QED) is 0.313. The summed E-state index contributed by atoms with van der Waals surface area (Å²) in [4.78, 5) is 11.3. The summed E-state index contributed by atoms with van der Waals surface area (Å²) in [5.74, 6) is -0.124. The van der Waals surface area contributed by atoms with Gasteiger partial charge in [0.25, 0.3) is 0 Å². The van der Waals surface area contributed by atoms with Crippen molar-refractivity contribution >= 4 is 26.8 Å². The van der Waals surface area contributed by atoms with E-state index in [1.165, 1.54) is 0 Å². The van der Waals surface area contributed by atoms with Crippen LogP contribution in [0.15, 0.2) is 71.5 Å². The zero-order valence-electron chi connectivity index (χ0n) is 20.9. The molecule has 0 radical (unpaired) electrons. The third kappa shape index (κ3) is 5.26. The molecule has 1 N–H and O–H groups in total. The summed E-state index contributed by atoms with van der Waals surface area (Å²) in [6.07, 6.45) is 3.99. The highest BCUT2D eigenvalue weighted by Gasteiger charge is 2.42. The third-order valence-corrected chi connectivity index (χ3v) is 6.91. The lowest BCUT2D eigenvalue weighted by Crippen LogP contribution is -2.38. The Kier molecular flexibility index (Phi) is 7.70. The SMILES string of the molecule is COc1nc2ccc(Br)cc2cc1[C@@H](c1cncc(C)c1)[C@@](O)(CCN(C)C)c1cccc(C#N)c1. The molecule has 2 aromatic heterocycles. The number of hydrogen-bond donors (Lipinski definition) is 1. The summed E-state index contributed by atoms with van der Waals surface area (Å²) in [6.45, 7) is 2.60. The van der Waals surface area contributed by atoms with Gasteiger partial charge in [0, 0.05) is 40.3 Å². The molecule has 2 atom stereocenters. The minimum absolute atomic E-state index is 0.410. The first kappa shape index (κ1) is 25.8. The number of halogens is 1. The molecule has 2 heterocycles. The highest BCUT2D eigenvalue weighted by Crippen LogP contribution is 2.47. The van der Waals surface area contributed by atoms with Crippen LogP contribution in [0.5, 0.6) is 5.88 Å². The van der Waals surface area contributed by atoms with Gasteiger partial charge in [0.1, 0.15) is 5.60 Å². The molecule has 2 aromatic carbocycles. The van der Waals surface area contributed by atoms with E-state index in [4.69, 9.17) is 9.72 Å². The van der Waals surface area contributed by atoms with Crippen LogP contribution in [0.25, 0.3) is 10.9 Å². The van der Waals surface area contributed by atoms with Crippen LogP contribution in [0.4, 0.5) is 0 Å². The molecule has 0 aliphatic carbocycles. The van der Waals surface area contributed by atoms with Crippen molar-refractivity contribution in [2.45, 2.75) is 24.9 Å². The third-order valence-electron chi connectivity index (χ3n) is 6.41. The van der Waals surface area contributed by atoms with Gasteiger partial charge in [-0.15, -0.1) is 0 Å². The molecule has 0 unspecified atom stereocenters. The smallest absolute Gasteiger partial charge is 0.217 e. The Balaban J connectivity index is 2.05. The first-order chi connectivity index (χ1) is 17.2. The number of rotatable bonds is 8. The monoisotopic (exact) mass is 544 g/mol. The summed E-state index contributed by atoms with van der Waals surface area (Å²) in [5, 5.41) is 23.2. The summed E-state index contributed by atoms with van der Waals surface area (Å²) in [6, 6.07) is 19.4. The Morgan fingerprint density at radius 3 is 2.64 bits per heavy atom. The van der Waals surface area contributed by atoms with Crippen molar-refractivity contribution in [2.24, 2.45) is 0 Å². The van der Waals surface area contributed by atoms with Crippen LogP contribution in [0.3, 0.4) is 0 Å². The van der Waals surface area contributed by atoms with E-state index in [1.807, 2.05) is 68.4 Å². The number of benzene rings is 2. The lowest BCUT2D eigenvalue weighted by atomic mass is 9.71. The summed E-state index contributed by atoms with van der Waals surface area (Å²) in [5.41, 5.74) is 3.13. The molecular weight excluding hydrogens is 516 g/mol. The average molecular weight is 545 g/mol. The number of nitrogens with zero attached hydrogens (tertiary/aromatic N) is 4. The average Bonchev–Trinajstić information content (AvgIpc) is 2.87. The molecule has 0 spiro atoms. The van der Waals surface area contributed by atoms with Crippen LogP contribution in [-0.2, 0) is 5.60 Å². The van der Waals surface area contributed by atoms with Crippen LogP contribution in [0.2, 0.25) is 0 Å². The Hall–Kier alpha value is -3.31. The number of fused-ring (bicyclic) bond motifs is 1. The highest BCUT2D eigenvalue weighted by atomic mass is 79.9. The number of hydrogen-bond acceptors (Lipinski definition) is 6. The van der Waals surface area contributed by atoms with Crippen molar-refractivity contribution in [1.82, 2.24) is 14.9 Å². The van der Waals surface area contributed by atoms with Crippen LogP contribution < -0.4 is 4.74 Å². The van der Waals surface area contributed by atoms with E-state index in [-0.39, 0.29) is 0 Å². The fourth-order valence-corrected chi connectivity index (χ4v) is 5.05. The molecule has 0 fully saturated rings. The van der Waals surface area contributed by atoms with Gasteiger partial charge in [0.05, 0.1) is 24.3 Å². The number of aromatic nitrogens is 2. The van der Waals surface area contributed by atoms with E-state index >= 15 is 0 Å². The van der Waals surface area contributed by atoms with Gasteiger partial charge in [-0.05, 0) is 80.5 Å². The summed E-state index contributed by atoms with van der Waals surface area (Å²) in [7, 11) is 5.55. The van der Waals surface area contributed by atoms with E-state index in [0.29, 0.717) is 30.0 Å². The van der Waals surface area contributed by atoms with Gasteiger partial charge in [-0.3, -0.25) is 4.98 Å². The Labute approximate surface area is 220 Å². The molecule has 0 bridgehead atoms. The summed E-state index contributed by atoms with van der Waals surface area (Å²) < 4.78 is 6.74. The number of pyridine rings is 2. The molecule has 7 heteroatoms. The zero-order valence-corrected chi connectivity index (χ0v) is 22.5. The van der Waals surface area contributed by atoms with E-state index in [1.54, 1.807) is 31.6 Å². The lowest BCUT2D eigenvalue weighted by Gasteiger charge is -2.39. The van der Waals surface area contributed by atoms with Gasteiger partial charge < -0.3 is 14.7 Å². The molecular formula is C29H29BrN4O2. The predicted octanol–water partition coefficient (Wildman–Crippen LogP) is 5.55. The first-order valence-electron chi connectivity index (χ1n) is 11.7. The van der Waals surface area contributed by atoms with Crippen LogP contribution in [-0.4, -0.2) is 47.7 Å². The highest BCUT2D eigenvalue weighted by molar-refractivity contribution is 9.10. The topological polar surface area (TPSA) is 82.3 Å². The second-order valence-electron chi connectivity index (χ2n) is 9.32. The van der Waals surface area contributed by atoms with Crippen molar-refractivity contribution in [3.05, 3.63) is 99.3 Å². The predicted molar refractivity (Wildman–Crippen MR) is 145 cm³/mol. The fraction of sp³-hybridized carbons (Fsp3) is 0.276. The molecule has 0 aliphatic rings. The van der Waals surface area contributed by atoms with Gasteiger partial charge in [0.2, 0.25) is 5.88 Å². The molecule has 0 aliphatic heterocycles. The van der Waals surface area contributed by atoms with Crippen molar-refractivity contribution in [3.63, 3.8) is 0 Å². The summed E-state index contributed by atoms with van der Waals surface area (Å²) >= 11 is 3.56. The number of aryl methyl sites for hydroxylation is 1. The van der Waals surface area contributed by atoms with Gasteiger partial charge in [-0.25, -0.2) is 4.98 Å². The maximum atomic E-state index is 12.7. The largest absolute Gasteiger partial charge is 0.481 e. The molecule has 4 aromatic rings. The van der Waals surface area contributed by atoms with Crippen LogP contribution >= 0.6 is 15.9 Å². The Bertz CT molecular complexity index is 1430. The van der Waals surface area contributed by atoms with E-state index < -0.39 is 11.5 Å². The van der Waals surface area contributed by atoms with E-state index in [9.17, 15) is 10.4 Å². The molecule has 0 saturated carbocycles. The molecule has 184 valence electrons. The van der Waals surface area contributed by atoms with Gasteiger partial charge in [0.15, 0.2) is 0 Å². The van der Waals surface area contributed by atoms with Crippen molar-refractivity contribution < 1.29 is 9.84 Å². The fourth-order valence-electron chi connectivity index (χ4n) is 4.67. The maximum Gasteiger partial charge on any atom is 0.217 e. The van der Waals surface area contributed by atoms with Gasteiger partial charge in [-0.2, -0.15) is 5.26 Å². The molecule has 4 rings (SSSR count). The Morgan fingerprint density at radius 1 is 1.14 bits per heavy atom. The minimum atomic E-state index is -1.39. The van der Waals surface area contributed by atoms with Crippen molar-refractivity contribution in [2.75, 3.05) is 27.7 Å². The van der Waals surface area contributed by atoms with Crippen LogP contribution in [0.1, 0.15) is 40.2 Å². The van der Waals surface area contributed by atoms with Crippen LogP contribution in [0, 0.1) is 18.3 Å². The molecule has 0 saturated heterocycles. The van der Waals surface area contributed by atoms with Gasteiger partial charge in [-0.1, -0.05) is 34.1 Å². The van der Waals surface area contributed by atoms with Crippen molar-refractivity contribution in [3.8, 4) is 11.9 Å². The second kappa shape index (κ2) is 10.8. The first-order valence-corrected chi connectivity index (χ1v) is 12.5. The maximum absolute atomic E-state index is 12.7. The molecule has 0 amide bonds. The minimum Gasteiger partial charge on any atom is -0.481 e. The van der Waals surface area contributed by atoms with Crippen molar-refractivity contribution in [1.29, 1.82) is 5.26 Å². The zero-order chi connectivity index (χ0) is 25.9. The van der Waals surface area contributed by atoms with Gasteiger partial charge >= 0.3 is 0 Å². The lowest BCUT2D eigenvalue weighted by molar-refractivity contribution is 0.00369. The Morgan fingerprint density at radius 2 is 1.94 bits per heavy atom. The second-order valence-corrected chi connectivity index (χ2v) is 10.2.